The molecular formula is C16H12F3N3O3S2. The van der Waals surface area contributed by atoms with E-state index in [-0.39, 0.29) is 23.9 Å². The normalized spacial score (nSPS) is 16.4. The molecule has 27 heavy (non-hydrogen) atoms. The van der Waals surface area contributed by atoms with Gasteiger partial charge in [0.25, 0.3) is 0 Å². The van der Waals surface area contributed by atoms with Gasteiger partial charge < -0.3 is 4.52 Å². The van der Waals surface area contributed by atoms with Crippen molar-refractivity contribution in [1.82, 2.24) is 14.4 Å². The van der Waals surface area contributed by atoms with E-state index in [2.05, 4.69) is 10.1 Å². The lowest BCUT2D eigenvalue weighted by Crippen LogP contribution is -2.48. The number of hydrogen-bond donors (Lipinski definition) is 0. The van der Waals surface area contributed by atoms with Crippen molar-refractivity contribution in [2.24, 2.45) is 0 Å². The van der Waals surface area contributed by atoms with Crippen molar-refractivity contribution in [3.8, 4) is 10.7 Å². The van der Waals surface area contributed by atoms with Gasteiger partial charge in [0.2, 0.25) is 21.7 Å². The third-order valence-electron chi connectivity index (χ3n) is 4.18. The molecule has 2 aromatic heterocycles. The van der Waals surface area contributed by atoms with E-state index in [1.807, 2.05) is 17.5 Å². The Balaban J connectivity index is 1.49. The van der Waals surface area contributed by atoms with Gasteiger partial charge in [-0.3, -0.25) is 0 Å². The lowest BCUT2D eigenvalue weighted by atomic mass is 10.0. The van der Waals surface area contributed by atoms with E-state index in [4.69, 9.17) is 4.52 Å². The lowest BCUT2D eigenvalue weighted by molar-refractivity contribution is -0.137. The van der Waals surface area contributed by atoms with E-state index >= 15 is 0 Å². The molecule has 1 aliphatic rings. The fraction of sp³-hybridized carbons (Fsp3) is 0.250. The quantitative estimate of drug-likeness (QED) is 0.651. The van der Waals surface area contributed by atoms with Gasteiger partial charge in [-0.15, -0.1) is 11.3 Å². The molecule has 3 heterocycles. The highest BCUT2D eigenvalue weighted by molar-refractivity contribution is 7.89. The van der Waals surface area contributed by atoms with Crippen LogP contribution in [0.1, 0.15) is 17.4 Å². The third-order valence-corrected chi connectivity index (χ3v) is 6.87. The second-order valence-corrected chi connectivity index (χ2v) is 8.86. The summed E-state index contributed by atoms with van der Waals surface area (Å²) in [5.41, 5.74) is -1.00. The monoisotopic (exact) mass is 415 g/mol. The number of sulfonamides is 1. The summed E-state index contributed by atoms with van der Waals surface area (Å²) in [5.74, 6) is 0.458. The van der Waals surface area contributed by atoms with Crippen molar-refractivity contribution in [3.63, 3.8) is 0 Å². The summed E-state index contributed by atoms with van der Waals surface area (Å²) in [6.45, 7) is 0.148. The summed E-state index contributed by atoms with van der Waals surface area (Å²) in [6, 6.07) is 7.40. The third kappa shape index (κ3) is 3.37. The number of thiophene rings is 1. The first-order chi connectivity index (χ1) is 12.7. The lowest BCUT2D eigenvalue weighted by Gasteiger charge is -2.35. The Morgan fingerprint density at radius 1 is 1.19 bits per heavy atom. The predicted octanol–water partition coefficient (Wildman–Crippen LogP) is 3.61. The van der Waals surface area contributed by atoms with Gasteiger partial charge in [0, 0.05) is 13.1 Å². The molecule has 1 saturated heterocycles. The van der Waals surface area contributed by atoms with E-state index in [1.165, 1.54) is 11.3 Å². The minimum Gasteiger partial charge on any atom is -0.339 e. The van der Waals surface area contributed by atoms with Gasteiger partial charge in [-0.2, -0.15) is 22.5 Å². The van der Waals surface area contributed by atoms with Gasteiger partial charge in [-0.05, 0) is 29.6 Å². The molecule has 0 saturated carbocycles. The van der Waals surface area contributed by atoms with Gasteiger partial charge in [0.1, 0.15) is 0 Å². The van der Waals surface area contributed by atoms with Gasteiger partial charge in [-0.25, -0.2) is 8.42 Å². The van der Waals surface area contributed by atoms with Crippen LogP contribution in [0.5, 0.6) is 0 Å². The Morgan fingerprint density at radius 3 is 2.63 bits per heavy atom. The van der Waals surface area contributed by atoms with Crippen molar-refractivity contribution >= 4 is 21.4 Å². The highest BCUT2D eigenvalue weighted by Crippen LogP contribution is 2.35. The van der Waals surface area contributed by atoms with Crippen LogP contribution in [0.4, 0.5) is 13.2 Å². The Morgan fingerprint density at radius 2 is 1.96 bits per heavy atom. The van der Waals surface area contributed by atoms with Gasteiger partial charge in [0.15, 0.2) is 0 Å². The molecule has 0 spiro atoms. The van der Waals surface area contributed by atoms with Crippen LogP contribution in [0, 0.1) is 0 Å². The van der Waals surface area contributed by atoms with Crippen molar-refractivity contribution in [2.75, 3.05) is 13.1 Å². The molecule has 3 aromatic rings. The number of halogens is 3. The van der Waals surface area contributed by atoms with Crippen molar-refractivity contribution < 1.29 is 26.1 Å². The fourth-order valence-corrected chi connectivity index (χ4v) is 4.91. The zero-order valence-corrected chi connectivity index (χ0v) is 15.2. The number of rotatable bonds is 4. The van der Waals surface area contributed by atoms with E-state index < -0.39 is 21.8 Å². The van der Waals surface area contributed by atoms with Crippen molar-refractivity contribution in [1.29, 1.82) is 0 Å². The molecule has 1 fully saturated rings. The molecular weight excluding hydrogens is 403 g/mol. The number of hydrogen-bond acceptors (Lipinski definition) is 6. The Kier molecular flexibility index (Phi) is 4.32. The highest BCUT2D eigenvalue weighted by Gasteiger charge is 2.41. The van der Waals surface area contributed by atoms with Gasteiger partial charge in [-0.1, -0.05) is 17.3 Å². The molecule has 1 aliphatic heterocycles. The van der Waals surface area contributed by atoms with E-state index in [1.54, 1.807) is 0 Å². The molecule has 0 atom stereocenters. The molecule has 0 unspecified atom stereocenters. The van der Waals surface area contributed by atoms with E-state index in [9.17, 15) is 21.6 Å². The highest BCUT2D eigenvalue weighted by atomic mass is 32.2. The summed E-state index contributed by atoms with van der Waals surface area (Å²) >= 11 is 1.45. The van der Waals surface area contributed by atoms with Crippen LogP contribution in [-0.2, 0) is 16.2 Å². The molecule has 11 heteroatoms. The SMILES string of the molecule is O=S(=O)(c1cccc(C(F)(F)F)c1)N1CC(c2nc(-c3cccs3)no2)C1. The Hall–Kier alpha value is -2.24. The summed E-state index contributed by atoms with van der Waals surface area (Å²) in [5, 5.41) is 5.75. The topological polar surface area (TPSA) is 76.3 Å². The second-order valence-electron chi connectivity index (χ2n) is 5.98. The molecule has 0 aliphatic carbocycles. The average molecular weight is 415 g/mol. The fourth-order valence-electron chi connectivity index (χ4n) is 2.68. The smallest absolute Gasteiger partial charge is 0.339 e. The number of alkyl halides is 3. The maximum absolute atomic E-state index is 12.8. The summed E-state index contributed by atoms with van der Waals surface area (Å²) < 4.78 is 69.9. The second kappa shape index (κ2) is 6.43. The zero-order chi connectivity index (χ0) is 19.2. The minimum atomic E-state index is -4.61. The van der Waals surface area contributed by atoms with Crippen LogP contribution < -0.4 is 0 Å². The molecule has 0 radical (unpaired) electrons. The summed E-state index contributed by atoms with van der Waals surface area (Å²) in [6.07, 6.45) is -4.61. The number of aromatic nitrogens is 2. The summed E-state index contributed by atoms with van der Waals surface area (Å²) in [4.78, 5) is 4.72. The average Bonchev–Trinajstić information content (AvgIpc) is 3.24. The maximum atomic E-state index is 12.8. The van der Waals surface area contributed by atoms with Crippen LogP contribution in [0.25, 0.3) is 10.7 Å². The molecule has 1 aromatic carbocycles. The Labute approximate surface area is 156 Å². The number of nitrogens with zero attached hydrogens (tertiary/aromatic N) is 3. The van der Waals surface area contributed by atoms with Gasteiger partial charge in [0.05, 0.1) is 21.3 Å². The first-order valence-corrected chi connectivity index (χ1v) is 10.1. The standard InChI is InChI=1S/C16H12F3N3O3S2/c17-16(18,19)11-3-1-4-12(7-11)27(23,24)22-8-10(9-22)15-20-14(21-25-15)13-5-2-6-26-13/h1-7,10H,8-9H2. The number of benzene rings is 1. The predicted molar refractivity (Wildman–Crippen MR) is 90.6 cm³/mol. The van der Waals surface area contributed by atoms with Crippen LogP contribution >= 0.6 is 11.3 Å². The molecule has 0 amide bonds. The first kappa shape index (κ1) is 18.1. The maximum Gasteiger partial charge on any atom is 0.416 e. The largest absolute Gasteiger partial charge is 0.416 e. The zero-order valence-electron chi connectivity index (χ0n) is 13.5. The minimum absolute atomic E-state index is 0.0741. The molecule has 4 rings (SSSR count). The van der Waals surface area contributed by atoms with Crippen molar-refractivity contribution in [3.05, 3.63) is 53.2 Å². The molecule has 0 bridgehead atoms. The van der Waals surface area contributed by atoms with Gasteiger partial charge >= 0.3 is 6.18 Å². The summed E-state index contributed by atoms with van der Waals surface area (Å²) in [7, 11) is -4.02. The molecule has 0 N–H and O–H groups in total. The van der Waals surface area contributed by atoms with Crippen molar-refractivity contribution in [2.45, 2.75) is 17.0 Å². The molecule has 6 nitrogen and oxygen atoms in total. The van der Waals surface area contributed by atoms with Crippen LogP contribution in [-0.4, -0.2) is 36.0 Å². The van der Waals surface area contributed by atoms with E-state index in [0.29, 0.717) is 17.8 Å². The van der Waals surface area contributed by atoms with Crippen LogP contribution in [0.2, 0.25) is 0 Å². The van der Waals surface area contributed by atoms with Crippen LogP contribution in [0.3, 0.4) is 0 Å². The first-order valence-electron chi connectivity index (χ1n) is 7.80. The Bertz CT molecular complexity index is 1060. The van der Waals surface area contributed by atoms with E-state index in [0.717, 1.165) is 27.4 Å². The van der Waals surface area contributed by atoms with Crippen LogP contribution in [0.15, 0.2) is 51.2 Å². The molecule has 142 valence electrons.